The van der Waals surface area contributed by atoms with Crippen LogP contribution in [0.5, 0.6) is 0 Å². The Hall–Kier alpha value is -1.14. The van der Waals surface area contributed by atoms with Crippen LogP contribution in [0.2, 0.25) is 0 Å². The van der Waals surface area contributed by atoms with Gasteiger partial charge in [0, 0.05) is 39.8 Å². The third-order valence-corrected chi connectivity index (χ3v) is 4.36. The lowest BCUT2D eigenvalue weighted by Crippen LogP contribution is -2.45. The Balaban J connectivity index is 0.00000264. The van der Waals surface area contributed by atoms with Crippen LogP contribution in [-0.2, 0) is 4.79 Å². The maximum atomic E-state index is 12.3. The van der Waals surface area contributed by atoms with Crippen LogP contribution >= 0.6 is 12.4 Å². The number of carbonyl (C=O) groups is 1. The van der Waals surface area contributed by atoms with Crippen LogP contribution in [0.3, 0.4) is 0 Å². The van der Waals surface area contributed by atoms with E-state index in [0.717, 1.165) is 51.3 Å². The number of rotatable bonds is 6. The summed E-state index contributed by atoms with van der Waals surface area (Å²) in [5, 5.41) is 0. The second-order valence-corrected chi connectivity index (χ2v) is 6.15. The molecule has 23 heavy (non-hydrogen) atoms. The minimum absolute atomic E-state index is 0. The van der Waals surface area contributed by atoms with E-state index in [1.54, 1.807) is 4.90 Å². The van der Waals surface area contributed by atoms with Gasteiger partial charge in [-0.3, -0.25) is 4.79 Å². The number of nitrogens with two attached hydrogens (primary N) is 1. The van der Waals surface area contributed by atoms with Gasteiger partial charge < -0.3 is 20.4 Å². The highest BCUT2D eigenvalue weighted by atomic mass is 35.5. The normalized spacial score (nSPS) is 17.3. The van der Waals surface area contributed by atoms with Crippen molar-refractivity contribution in [2.45, 2.75) is 12.5 Å². The van der Waals surface area contributed by atoms with Crippen LogP contribution in [0.1, 0.15) is 18.0 Å². The van der Waals surface area contributed by atoms with E-state index in [4.69, 9.17) is 5.73 Å². The van der Waals surface area contributed by atoms with Crippen LogP contribution in [-0.4, -0.2) is 74.0 Å². The fraction of sp³-hybridized carbons (Fsp3) is 0.588. The number of likely N-dealkylation sites (N-methyl/N-ethyl adjacent to an activating group) is 2. The van der Waals surface area contributed by atoms with Crippen LogP contribution in [0.25, 0.3) is 0 Å². The quantitative estimate of drug-likeness (QED) is 0.845. The maximum Gasteiger partial charge on any atom is 0.243 e. The van der Waals surface area contributed by atoms with Crippen molar-refractivity contribution in [2.75, 3.05) is 53.4 Å². The number of nitrogens with zero attached hydrogens (tertiary/aromatic N) is 3. The van der Waals surface area contributed by atoms with Gasteiger partial charge >= 0.3 is 0 Å². The lowest BCUT2D eigenvalue weighted by molar-refractivity contribution is -0.131. The van der Waals surface area contributed by atoms with Gasteiger partial charge in [0.15, 0.2) is 0 Å². The summed E-state index contributed by atoms with van der Waals surface area (Å²) in [5.74, 6) is -0.00965. The van der Waals surface area contributed by atoms with Gasteiger partial charge in [0.05, 0.1) is 0 Å². The number of piperazine rings is 1. The molecule has 1 heterocycles. The standard InChI is InChI=1S/C17H28N4O.ClH/c1-19-11-13-21(14-12-19)10-6-9-20(2)17(22)16(18)15-7-4-3-5-8-15;/h3-5,7-8,16H,6,9-14,18H2,1-2H3;1H. The molecule has 1 amide bonds. The highest BCUT2D eigenvalue weighted by Gasteiger charge is 2.20. The minimum atomic E-state index is -0.560. The maximum absolute atomic E-state index is 12.3. The molecule has 1 aromatic rings. The summed E-state index contributed by atoms with van der Waals surface area (Å²) >= 11 is 0. The Kier molecular flexibility index (Phi) is 8.55. The summed E-state index contributed by atoms with van der Waals surface area (Å²) < 4.78 is 0. The van der Waals surface area contributed by atoms with Crippen LogP contribution in [0, 0.1) is 0 Å². The number of hydrogen-bond acceptors (Lipinski definition) is 4. The van der Waals surface area contributed by atoms with Crippen molar-refractivity contribution >= 4 is 18.3 Å². The first-order valence-corrected chi connectivity index (χ1v) is 8.04. The SMILES string of the molecule is CN1CCN(CCCN(C)C(=O)C(N)c2ccccc2)CC1.Cl. The molecule has 1 unspecified atom stereocenters. The first-order valence-electron chi connectivity index (χ1n) is 8.04. The molecule has 1 saturated heterocycles. The molecule has 1 fully saturated rings. The van der Waals surface area contributed by atoms with Crippen molar-refractivity contribution in [3.05, 3.63) is 35.9 Å². The third-order valence-electron chi connectivity index (χ3n) is 4.36. The zero-order valence-corrected chi connectivity index (χ0v) is 15.0. The highest BCUT2D eigenvalue weighted by Crippen LogP contribution is 2.12. The molecule has 0 aromatic heterocycles. The minimum Gasteiger partial charge on any atom is -0.344 e. The third kappa shape index (κ3) is 6.11. The molecule has 2 rings (SSSR count). The van der Waals surface area contributed by atoms with Crippen molar-refractivity contribution in [3.8, 4) is 0 Å². The smallest absolute Gasteiger partial charge is 0.243 e. The summed E-state index contributed by atoms with van der Waals surface area (Å²) in [6.45, 7) is 6.31. The summed E-state index contributed by atoms with van der Waals surface area (Å²) in [6, 6.07) is 9.00. The van der Waals surface area contributed by atoms with E-state index in [1.807, 2.05) is 37.4 Å². The molecule has 0 spiro atoms. The molecule has 0 radical (unpaired) electrons. The molecule has 5 nitrogen and oxygen atoms in total. The van der Waals surface area contributed by atoms with E-state index in [1.165, 1.54) is 0 Å². The lowest BCUT2D eigenvalue weighted by atomic mass is 10.1. The highest BCUT2D eigenvalue weighted by molar-refractivity contribution is 5.85. The molecule has 6 heteroatoms. The van der Waals surface area contributed by atoms with E-state index in [2.05, 4.69) is 16.8 Å². The summed E-state index contributed by atoms with van der Waals surface area (Å²) in [7, 11) is 4.00. The first kappa shape index (κ1) is 19.9. The number of carbonyl (C=O) groups excluding carboxylic acids is 1. The predicted molar refractivity (Wildman–Crippen MR) is 96.8 cm³/mol. The van der Waals surface area contributed by atoms with Crippen molar-refractivity contribution in [2.24, 2.45) is 5.73 Å². The Morgan fingerprint density at radius 3 is 2.43 bits per heavy atom. The number of halogens is 1. The van der Waals surface area contributed by atoms with Crippen molar-refractivity contribution in [1.82, 2.24) is 14.7 Å². The monoisotopic (exact) mass is 340 g/mol. The second kappa shape index (κ2) is 9.88. The van der Waals surface area contributed by atoms with Crippen LogP contribution in [0.4, 0.5) is 0 Å². The lowest BCUT2D eigenvalue weighted by Gasteiger charge is -2.32. The van der Waals surface area contributed by atoms with Gasteiger partial charge in [0.1, 0.15) is 6.04 Å². The Labute approximate surface area is 145 Å². The largest absolute Gasteiger partial charge is 0.344 e. The zero-order valence-electron chi connectivity index (χ0n) is 14.1. The Morgan fingerprint density at radius 1 is 1.22 bits per heavy atom. The topological polar surface area (TPSA) is 52.8 Å². The molecule has 2 N–H and O–H groups in total. The molecular weight excluding hydrogens is 312 g/mol. The molecule has 0 bridgehead atoms. The van der Waals surface area contributed by atoms with E-state index >= 15 is 0 Å². The average Bonchev–Trinajstić information content (AvgIpc) is 2.56. The van der Waals surface area contributed by atoms with Gasteiger partial charge in [0.2, 0.25) is 5.91 Å². The van der Waals surface area contributed by atoms with E-state index < -0.39 is 6.04 Å². The van der Waals surface area contributed by atoms with E-state index in [9.17, 15) is 4.79 Å². The number of amides is 1. The fourth-order valence-electron chi connectivity index (χ4n) is 2.75. The number of hydrogen-bond donors (Lipinski definition) is 1. The van der Waals surface area contributed by atoms with Crippen LogP contribution < -0.4 is 5.73 Å². The van der Waals surface area contributed by atoms with Gasteiger partial charge in [0.25, 0.3) is 0 Å². The molecule has 1 atom stereocenters. The zero-order chi connectivity index (χ0) is 15.9. The molecular formula is C17H29ClN4O. The van der Waals surface area contributed by atoms with E-state index in [0.29, 0.717) is 0 Å². The van der Waals surface area contributed by atoms with Crippen LogP contribution in [0.15, 0.2) is 30.3 Å². The second-order valence-electron chi connectivity index (χ2n) is 6.15. The van der Waals surface area contributed by atoms with Crippen molar-refractivity contribution < 1.29 is 4.79 Å². The van der Waals surface area contributed by atoms with Gasteiger partial charge in [-0.1, -0.05) is 30.3 Å². The van der Waals surface area contributed by atoms with Crippen molar-refractivity contribution in [3.63, 3.8) is 0 Å². The molecule has 130 valence electrons. The molecule has 1 aliphatic heterocycles. The summed E-state index contributed by atoms with van der Waals surface area (Å²) in [6.07, 6.45) is 0.994. The van der Waals surface area contributed by atoms with Gasteiger partial charge in [-0.25, -0.2) is 0 Å². The Bertz CT molecular complexity index is 463. The summed E-state index contributed by atoms with van der Waals surface area (Å²) in [5.41, 5.74) is 6.94. The predicted octanol–water partition coefficient (Wildman–Crippen LogP) is 1.20. The Morgan fingerprint density at radius 2 is 1.83 bits per heavy atom. The fourth-order valence-corrected chi connectivity index (χ4v) is 2.75. The molecule has 0 saturated carbocycles. The molecule has 1 aromatic carbocycles. The van der Waals surface area contributed by atoms with Gasteiger partial charge in [-0.05, 0) is 25.6 Å². The number of benzene rings is 1. The van der Waals surface area contributed by atoms with Gasteiger partial charge in [-0.2, -0.15) is 0 Å². The van der Waals surface area contributed by atoms with Crippen molar-refractivity contribution in [1.29, 1.82) is 0 Å². The molecule has 0 aliphatic carbocycles. The van der Waals surface area contributed by atoms with E-state index in [-0.39, 0.29) is 18.3 Å². The average molecular weight is 341 g/mol. The molecule has 1 aliphatic rings. The first-order chi connectivity index (χ1) is 10.6. The van der Waals surface area contributed by atoms with Gasteiger partial charge in [-0.15, -0.1) is 12.4 Å². The summed E-state index contributed by atoms with van der Waals surface area (Å²) in [4.78, 5) is 18.9.